The summed E-state index contributed by atoms with van der Waals surface area (Å²) in [4.78, 5) is 120. The highest BCUT2D eigenvalue weighted by Gasteiger charge is 2.33. The first-order valence-electron chi connectivity index (χ1n) is 47.6. The molecule has 14 aromatic heterocycles. The molecule has 21 aromatic rings. The molecule has 2 saturated heterocycles. The van der Waals surface area contributed by atoms with E-state index in [4.69, 9.17) is 42.0 Å². The Hall–Kier alpha value is -16.8. The number of H-pyrrole nitrogens is 2. The van der Waals surface area contributed by atoms with Crippen molar-refractivity contribution < 1.29 is 8.83 Å². The van der Waals surface area contributed by atoms with E-state index in [1.165, 1.54) is 19.0 Å². The normalized spacial score (nSPS) is 14.1. The van der Waals surface area contributed by atoms with Crippen molar-refractivity contribution in [2.45, 2.75) is 157 Å². The van der Waals surface area contributed by atoms with Gasteiger partial charge < -0.3 is 75.5 Å². The minimum Gasteiger partial charge on any atom is -0.424 e. The zero-order valence-corrected chi connectivity index (χ0v) is 79.6. The average Bonchev–Trinajstić information content (AvgIpc) is 1.70. The molecular formula is C105H106N30O6. The number of aromatic amines is 2. The van der Waals surface area contributed by atoms with Gasteiger partial charge in [-0.2, -0.15) is 20.2 Å². The molecule has 7 aromatic carbocycles. The van der Waals surface area contributed by atoms with Crippen molar-refractivity contribution in [1.29, 1.82) is 0 Å². The maximum atomic E-state index is 14.0. The van der Waals surface area contributed by atoms with Crippen LogP contribution in [0.4, 0.5) is 35.3 Å². The summed E-state index contributed by atoms with van der Waals surface area (Å²) in [5.41, 5.74) is 41.8. The zero-order chi connectivity index (χ0) is 97.3. The van der Waals surface area contributed by atoms with Crippen LogP contribution in [0, 0.1) is 27.7 Å². The molecule has 11 N–H and O–H groups in total. The van der Waals surface area contributed by atoms with Crippen molar-refractivity contribution in [3.63, 3.8) is 0 Å². The van der Waals surface area contributed by atoms with Gasteiger partial charge in [0, 0.05) is 103 Å². The molecule has 0 bridgehead atoms. The molecule has 1 saturated carbocycles. The Morgan fingerprint density at radius 1 is 0.433 bits per heavy atom. The zero-order valence-electron chi connectivity index (χ0n) is 79.6. The number of hydrogen-bond acceptors (Lipinski definition) is 28. The third kappa shape index (κ3) is 17.3. The number of fused-ring (bicyclic) bond motifs is 10. The summed E-state index contributed by atoms with van der Waals surface area (Å²) in [5.74, 6) is 2.12. The number of nitrogens with zero attached hydrogens (tertiary/aromatic N) is 23. The second kappa shape index (κ2) is 37.6. The highest BCUT2D eigenvalue weighted by Crippen LogP contribution is 2.40. The third-order valence-electron chi connectivity index (χ3n) is 27.5. The lowest BCUT2D eigenvalue weighted by atomic mass is 10.00. The molecule has 2 aliphatic heterocycles. The lowest BCUT2D eigenvalue weighted by Gasteiger charge is -2.36. The molecule has 141 heavy (non-hydrogen) atoms. The summed E-state index contributed by atoms with van der Waals surface area (Å²) < 4.78 is 22.2. The molecule has 1 aliphatic carbocycles. The highest BCUT2D eigenvalue weighted by molar-refractivity contribution is 6.01. The quantitative estimate of drug-likeness (QED) is 0.0395. The number of nitrogens with one attached hydrogen (secondary N) is 3. The molecule has 36 nitrogen and oxygen atoms in total. The minimum atomic E-state index is -0.0910. The minimum absolute atomic E-state index is 0.0444. The predicted octanol–water partition coefficient (Wildman–Crippen LogP) is 15.9. The second-order valence-electron chi connectivity index (χ2n) is 37.0. The van der Waals surface area contributed by atoms with Gasteiger partial charge in [0.25, 0.3) is 34.3 Å². The molecule has 0 amide bonds. The largest absolute Gasteiger partial charge is 0.424 e. The van der Waals surface area contributed by atoms with Crippen molar-refractivity contribution in [3.05, 3.63) is 288 Å². The number of piperidine rings is 2. The summed E-state index contributed by atoms with van der Waals surface area (Å²) in [6.45, 7) is 25.5. The molecule has 712 valence electrons. The van der Waals surface area contributed by atoms with Crippen LogP contribution >= 0.6 is 0 Å². The number of nitrogen functional groups attached to an aromatic ring is 4. The number of rotatable bonds is 19. The van der Waals surface area contributed by atoms with Crippen LogP contribution in [-0.2, 0) is 26.2 Å². The summed E-state index contributed by atoms with van der Waals surface area (Å²) in [5, 5.41) is 21.4. The number of aromatic nitrogens is 22. The van der Waals surface area contributed by atoms with Gasteiger partial charge in [-0.05, 0) is 217 Å². The van der Waals surface area contributed by atoms with E-state index in [2.05, 4.69) is 147 Å². The van der Waals surface area contributed by atoms with Crippen LogP contribution in [0.3, 0.4) is 0 Å². The van der Waals surface area contributed by atoms with Crippen molar-refractivity contribution >= 4 is 145 Å². The number of hydrogen-bond donors (Lipinski definition) is 7. The van der Waals surface area contributed by atoms with Gasteiger partial charge in [0.1, 0.15) is 70.4 Å². The Kier molecular flexibility index (Phi) is 24.2. The van der Waals surface area contributed by atoms with Crippen molar-refractivity contribution in [3.8, 4) is 28.2 Å². The molecule has 3 fully saturated rings. The van der Waals surface area contributed by atoms with Crippen molar-refractivity contribution in [2.24, 2.45) is 0 Å². The molecule has 0 radical (unpaired) electrons. The number of nitrogens with two attached hydrogens (primary N) is 4. The standard InChI is InChI=1S/C29H22N8O2.C26H22N8O2.C26H33N7O.C24H29N7O/c1-16-6-5-7-17-12-20(37(28(38)23(16)17)19-8-3-2-4-9-19)14-36-27-24(26(30)32-15-33-27)25(35-36)18-10-11-22-21(13-18)34-29(31)39-22;1-13-3-2-4-14-9-17(34(16-6-7-16)25(35)20(13)14)11-33-24-21(23(27)29-12-30-24)22(32-33)15-5-8-19-18(10-15)31-26(28)36-19;1-5-31(25-23-24(28-15-27-23)29-16-30-25)14-21-13-19-8-6-7-18(4)22(19)26(34)33(21)20-9-11-32(12-10-20)17(2)3;1-15(2)30-9-7-18(8-10-30)31-19(11-17-6-4-5-16(3)20(17)24(31)32)12-25-22-21-23(27-13-26-21)29-14-28-22/h2-13,15H,14H2,1H3,(H2,31,34)(H2,30,32,33);2-5,8-10,12,16H,6-7,11H2,1H3,(H2,28,31)(H2,27,29,30);6-8,13,15-17,20H,5,9-12,14H2,1-4H3,(H,27,28,29,30);4-6,11,13-15,18H,7-10,12H2,1-3H3,(H2,25,26,27,28,29). The van der Waals surface area contributed by atoms with Gasteiger partial charge in [0.15, 0.2) is 45.4 Å². The molecule has 0 atom stereocenters. The fourth-order valence-corrected chi connectivity index (χ4v) is 20.4. The number of aryl methyl sites for hydroxylation is 4. The van der Waals surface area contributed by atoms with E-state index in [-0.39, 0.29) is 58.9 Å². The van der Waals surface area contributed by atoms with E-state index >= 15 is 0 Å². The topological polar surface area (TPSA) is 462 Å². The van der Waals surface area contributed by atoms with Gasteiger partial charge >= 0.3 is 0 Å². The molecule has 24 rings (SSSR count). The number of pyridine rings is 4. The smallest absolute Gasteiger partial charge is 0.292 e. The summed E-state index contributed by atoms with van der Waals surface area (Å²) in [6.07, 6.45) is 15.0. The average molecular weight is 1880 g/mol. The molecule has 16 heterocycles. The Morgan fingerprint density at radius 3 is 1.35 bits per heavy atom. The van der Waals surface area contributed by atoms with E-state index in [0.717, 1.165) is 188 Å². The lowest BCUT2D eigenvalue weighted by Crippen LogP contribution is -2.42. The van der Waals surface area contributed by atoms with Crippen LogP contribution in [0.5, 0.6) is 0 Å². The number of anilines is 6. The first kappa shape index (κ1) is 90.7. The van der Waals surface area contributed by atoms with Gasteiger partial charge in [0.2, 0.25) is 0 Å². The fraction of sp³-hybridized carbons (Fsp3) is 0.276. The number of benzene rings is 7. The van der Waals surface area contributed by atoms with E-state index in [0.29, 0.717) is 122 Å². The molecule has 36 heteroatoms. The van der Waals surface area contributed by atoms with Crippen LogP contribution < -0.4 is 55.4 Å². The van der Waals surface area contributed by atoms with Crippen LogP contribution in [0.15, 0.2) is 230 Å². The first-order chi connectivity index (χ1) is 68.4. The molecule has 0 spiro atoms. The Morgan fingerprint density at radius 2 is 0.858 bits per heavy atom. The van der Waals surface area contributed by atoms with Gasteiger partial charge in [-0.3, -0.25) is 23.7 Å². The van der Waals surface area contributed by atoms with Crippen molar-refractivity contribution in [1.82, 2.24) is 117 Å². The first-order valence-corrected chi connectivity index (χ1v) is 47.6. The Balaban J connectivity index is 0.000000112. The number of oxazole rings is 2. The number of para-hydroxylation sites is 1. The Bertz CT molecular complexity index is 8660. The third-order valence-corrected chi connectivity index (χ3v) is 27.5. The van der Waals surface area contributed by atoms with Gasteiger partial charge in [-0.25, -0.2) is 59.2 Å². The molecule has 3 aliphatic rings. The summed E-state index contributed by atoms with van der Waals surface area (Å²) in [6, 6.07) is 54.9. The van der Waals surface area contributed by atoms with Gasteiger partial charge in [-0.15, -0.1) is 0 Å². The van der Waals surface area contributed by atoms with Crippen LogP contribution in [0.25, 0.3) is 138 Å². The lowest BCUT2D eigenvalue weighted by molar-refractivity contribution is 0.149. The van der Waals surface area contributed by atoms with Crippen LogP contribution in [-0.4, -0.2) is 162 Å². The van der Waals surface area contributed by atoms with Gasteiger partial charge in [-0.1, -0.05) is 91.0 Å². The number of imidazole rings is 2. The highest BCUT2D eigenvalue weighted by atomic mass is 16.4. The van der Waals surface area contributed by atoms with Crippen molar-refractivity contribution in [2.75, 3.05) is 65.9 Å². The maximum absolute atomic E-state index is 14.0. The van der Waals surface area contributed by atoms with E-state index in [9.17, 15) is 19.2 Å². The molecular weight excluding hydrogens is 1780 g/mol. The van der Waals surface area contributed by atoms with E-state index in [1.54, 1.807) is 45.0 Å². The monoisotopic (exact) mass is 1880 g/mol. The van der Waals surface area contributed by atoms with Gasteiger partial charge in [0.05, 0.1) is 71.2 Å². The van der Waals surface area contributed by atoms with Crippen LogP contribution in [0.2, 0.25) is 0 Å². The second-order valence-corrected chi connectivity index (χ2v) is 37.0. The Labute approximate surface area is 806 Å². The summed E-state index contributed by atoms with van der Waals surface area (Å²) in [7, 11) is 0. The fourth-order valence-electron chi connectivity index (χ4n) is 20.4. The van der Waals surface area contributed by atoms with E-state index < -0.39 is 0 Å². The number of likely N-dealkylation sites (tertiary alicyclic amines) is 2. The molecule has 0 unspecified atom stereocenters. The summed E-state index contributed by atoms with van der Waals surface area (Å²) >= 11 is 0. The maximum Gasteiger partial charge on any atom is 0.292 e. The predicted molar refractivity (Wildman–Crippen MR) is 551 cm³/mol. The SMILES string of the molecule is CCN(Cc1cc2cccc(C)c2c(=O)n1C1CCN(C(C)C)CC1)c1ncnc2nc[nH]c12.Cc1cccc2cc(CNc3ncnc4nc[nH]c34)n(C3CCN(C(C)C)CC3)c(=O)c12.Cc1cccc2cc(Cn3nc(-c4ccc5oc(N)nc5c4)c4c(N)ncnc43)n(-c3ccccc3)c(=O)c12.Cc1cccc2cc(Cn3nc(-c4ccc5oc(N)nc5c4)c4c(N)ncnc43)n(C3CC3)c(=O)c12. The van der Waals surface area contributed by atoms with E-state index in [1.807, 2.05) is 170 Å². The van der Waals surface area contributed by atoms with Crippen LogP contribution in [0.1, 0.15) is 136 Å².